The number of carbonyl (C=O) groups excluding carboxylic acids is 2. The highest BCUT2D eigenvalue weighted by Gasteiger charge is 2.32. The van der Waals surface area contributed by atoms with Crippen molar-refractivity contribution >= 4 is 11.8 Å². The van der Waals surface area contributed by atoms with Crippen LogP contribution in [0.4, 0.5) is 0 Å². The van der Waals surface area contributed by atoms with E-state index in [0.29, 0.717) is 13.1 Å². The fraction of sp³-hybridized carbons (Fsp3) is 0.417. The smallest absolute Gasteiger partial charge is 0.225 e. The molecule has 28 heavy (non-hydrogen) atoms. The molecular formula is C24H30N2O2. The van der Waals surface area contributed by atoms with Gasteiger partial charge < -0.3 is 9.80 Å². The molecule has 0 aromatic heterocycles. The van der Waals surface area contributed by atoms with E-state index in [1.54, 1.807) is 0 Å². The summed E-state index contributed by atoms with van der Waals surface area (Å²) in [5.74, 6) is 0.481. The van der Waals surface area contributed by atoms with Gasteiger partial charge in [0.15, 0.2) is 0 Å². The third kappa shape index (κ3) is 5.22. The Morgan fingerprint density at radius 1 is 0.679 bits per heavy atom. The Labute approximate surface area is 168 Å². The molecule has 0 unspecified atom stereocenters. The van der Waals surface area contributed by atoms with Gasteiger partial charge in [-0.15, -0.1) is 0 Å². The molecule has 0 bridgehead atoms. The van der Waals surface area contributed by atoms with Gasteiger partial charge in [-0.1, -0.05) is 60.7 Å². The van der Waals surface area contributed by atoms with Crippen molar-refractivity contribution in [2.75, 3.05) is 14.1 Å². The van der Waals surface area contributed by atoms with Crippen LogP contribution in [0.3, 0.4) is 0 Å². The maximum absolute atomic E-state index is 12.8. The van der Waals surface area contributed by atoms with Gasteiger partial charge in [-0.25, -0.2) is 0 Å². The quantitative estimate of drug-likeness (QED) is 0.759. The minimum Gasteiger partial charge on any atom is -0.341 e. The van der Waals surface area contributed by atoms with Gasteiger partial charge in [-0.05, 0) is 36.8 Å². The molecule has 4 nitrogen and oxygen atoms in total. The first-order valence-electron chi connectivity index (χ1n) is 10.1. The van der Waals surface area contributed by atoms with Crippen molar-refractivity contribution in [1.29, 1.82) is 0 Å². The second-order valence-electron chi connectivity index (χ2n) is 7.91. The molecule has 2 aromatic carbocycles. The van der Waals surface area contributed by atoms with Gasteiger partial charge >= 0.3 is 0 Å². The van der Waals surface area contributed by atoms with E-state index in [1.165, 1.54) is 0 Å². The zero-order valence-corrected chi connectivity index (χ0v) is 16.9. The number of rotatable bonds is 6. The predicted octanol–water partition coefficient (Wildman–Crippen LogP) is 4.11. The molecule has 1 aliphatic rings. The third-order valence-electron chi connectivity index (χ3n) is 5.70. The van der Waals surface area contributed by atoms with Crippen LogP contribution in [0, 0.1) is 11.8 Å². The topological polar surface area (TPSA) is 40.6 Å². The summed E-state index contributed by atoms with van der Waals surface area (Å²) in [5.41, 5.74) is 2.29. The van der Waals surface area contributed by atoms with Gasteiger partial charge in [0.25, 0.3) is 0 Å². The summed E-state index contributed by atoms with van der Waals surface area (Å²) in [6.07, 6.45) is 3.20. The lowest BCUT2D eigenvalue weighted by Crippen LogP contribution is -2.38. The van der Waals surface area contributed by atoms with Crippen LogP contribution in [0.25, 0.3) is 0 Å². The summed E-state index contributed by atoms with van der Waals surface area (Å²) in [6, 6.07) is 20.1. The summed E-state index contributed by atoms with van der Waals surface area (Å²) >= 11 is 0. The normalized spacial score (nSPS) is 19.1. The van der Waals surface area contributed by atoms with Crippen molar-refractivity contribution < 1.29 is 9.59 Å². The van der Waals surface area contributed by atoms with Gasteiger partial charge in [0.1, 0.15) is 0 Å². The second-order valence-corrected chi connectivity index (χ2v) is 7.91. The first-order chi connectivity index (χ1) is 13.5. The van der Waals surface area contributed by atoms with Gasteiger partial charge in [0.05, 0.1) is 0 Å². The molecule has 2 amide bonds. The van der Waals surface area contributed by atoms with Crippen LogP contribution in [0.2, 0.25) is 0 Å². The molecule has 0 spiro atoms. The van der Waals surface area contributed by atoms with Crippen LogP contribution < -0.4 is 0 Å². The van der Waals surface area contributed by atoms with Crippen molar-refractivity contribution in [2.24, 2.45) is 11.8 Å². The zero-order valence-electron chi connectivity index (χ0n) is 16.9. The Kier molecular flexibility index (Phi) is 6.85. The Morgan fingerprint density at radius 3 is 1.32 bits per heavy atom. The number of amides is 2. The standard InChI is InChI=1S/C24H30N2O2/c1-25(17-19-9-5-3-6-10-19)23(27)21-13-15-22(16-14-21)24(28)26(2)18-20-11-7-4-8-12-20/h3-12,21-22H,13-18H2,1-2H3. The zero-order chi connectivity index (χ0) is 19.9. The lowest BCUT2D eigenvalue weighted by atomic mass is 9.80. The third-order valence-corrected chi connectivity index (χ3v) is 5.70. The summed E-state index contributed by atoms with van der Waals surface area (Å²) < 4.78 is 0. The molecule has 4 heteroatoms. The van der Waals surface area contributed by atoms with E-state index in [9.17, 15) is 9.59 Å². The van der Waals surface area contributed by atoms with E-state index >= 15 is 0 Å². The highest BCUT2D eigenvalue weighted by molar-refractivity contribution is 5.81. The lowest BCUT2D eigenvalue weighted by molar-refractivity contribution is -0.140. The first kappa shape index (κ1) is 20.1. The van der Waals surface area contributed by atoms with Crippen LogP contribution in [0.15, 0.2) is 60.7 Å². The Hall–Kier alpha value is -2.62. The monoisotopic (exact) mass is 378 g/mol. The van der Waals surface area contributed by atoms with E-state index in [1.807, 2.05) is 84.6 Å². The highest BCUT2D eigenvalue weighted by atomic mass is 16.2. The number of hydrogen-bond acceptors (Lipinski definition) is 2. The summed E-state index contributed by atoms with van der Waals surface area (Å²) in [6.45, 7) is 1.27. The van der Waals surface area contributed by atoms with Gasteiger partial charge in [0.2, 0.25) is 11.8 Å². The highest BCUT2D eigenvalue weighted by Crippen LogP contribution is 2.31. The Bertz CT molecular complexity index is 700. The summed E-state index contributed by atoms with van der Waals surface area (Å²) in [5, 5.41) is 0. The van der Waals surface area contributed by atoms with Crippen LogP contribution >= 0.6 is 0 Å². The van der Waals surface area contributed by atoms with Gasteiger partial charge in [0, 0.05) is 39.0 Å². The van der Waals surface area contributed by atoms with E-state index in [2.05, 4.69) is 0 Å². The first-order valence-corrected chi connectivity index (χ1v) is 10.1. The molecular weight excluding hydrogens is 348 g/mol. The maximum atomic E-state index is 12.8. The molecule has 0 aliphatic heterocycles. The Morgan fingerprint density at radius 2 is 1.00 bits per heavy atom. The molecule has 0 atom stereocenters. The van der Waals surface area contributed by atoms with Crippen LogP contribution in [-0.2, 0) is 22.7 Å². The largest absolute Gasteiger partial charge is 0.341 e. The van der Waals surface area contributed by atoms with Crippen LogP contribution in [-0.4, -0.2) is 35.7 Å². The molecule has 0 saturated heterocycles. The SMILES string of the molecule is CN(Cc1ccccc1)C(=O)C1CCC(C(=O)N(C)Cc2ccccc2)CC1. The van der Waals surface area contributed by atoms with E-state index in [-0.39, 0.29) is 23.7 Å². The number of carbonyl (C=O) groups is 2. The number of hydrogen-bond donors (Lipinski definition) is 0. The molecule has 148 valence electrons. The molecule has 3 rings (SSSR count). The summed E-state index contributed by atoms with van der Waals surface area (Å²) in [4.78, 5) is 29.2. The fourth-order valence-electron chi connectivity index (χ4n) is 4.08. The lowest BCUT2D eigenvalue weighted by Gasteiger charge is -2.32. The molecule has 0 N–H and O–H groups in total. The number of benzene rings is 2. The van der Waals surface area contributed by atoms with Crippen LogP contribution in [0.1, 0.15) is 36.8 Å². The second kappa shape index (κ2) is 9.54. The van der Waals surface area contributed by atoms with E-state index in [4.69, 9.17) is 0 Å². The summed E-state index contributed by atoms with van der Waals surface area (Å²) in [7, 11) is 3.75. The fourth-order valence-corrected chi connectivity index (χ4v) is 4.08. The van der Waals surface area contributed by atoms with E-state index in [0.717, 1.165) is 36.8 Å². The van der Waals surface area contributed by atoms with Crippen molar-refractivity contribution in [3.8, 4) is 0 Å². The molecule has 2 aromatic rings. The van der Waals surface area contributed by atoms with Crippen molar-refractivity contribution in [1.82, 2.24) is 9.80 Å². The predicted molar refractivity (Wildman–Crippen MR) is 111 cm³/mol. The van der Waals surface area contributed by atoms with Gasteiger partial charge in [-0.3, -0.25) is 9.59 Å². The van der Waals surface area contributed by atoms with E-state index < -0.39 is 0 Å². The average molecular weight is 379 g/mol. The number of nitrogens with zero attached hydrogens (tertiary/aromatic N) is 2. The molecule has 0 radical (unpaired) electrons. The van der Waals surface area contributed by atoms with Gasteiger partial charge in [-0.2, -0.15) is 0 Å². The molecule has 0 heterocycles. The van der Waals surface area contributed by atoms with Crippen LogP contribution in [0.5, 0.6) is 0 Å². The Balaban J connectivity index is 1.48. The van der Waals surface area contributed by atoms with Crippen molar-refractivity contribution in [3.63, 3.8) is 0 Å². The average Bonchev–Trinajstić information content (AvgIpc) is 2.74. The minimum atomic E-state index is 0.0391. The molecule has 1 aliphatic carbocycles. The molecule has 1 fully saturated rings. The minimum absolute atomic E-state index is 0.0391. The van der Waals surface area contributed by atoms with Crippen molar-refractivity contribution in [3.05, 3.63) is 71.8 Å². The molecule has 1 saturated carbocycles. The van der Waals surface area contributed by atoms with Crippen molar-refractivity contribution in [2.45, 2.75) is 38.8 Å². The maximum Gasteiger partial charge on any atom is 0.225 e.